The van der Waals surface area contributed by atoms with E-state index in [1.807, 2.05) is 18.4 Å². The lowest BCUT2D eigenvalue weighted by Gasteiger charge is -2.28. The summed E-state index contributed by atoms with van der Waals surface area (Å²) >= 11 is 0. The zero-order chi connectivity index (χ0) is 15.6. The lowest BCUT2D eigenvalue weighted by molar-refractivity contribution is -0.178. The Labute approximate surface area is 119 Å². The average Bonchev–Trinajstić information content (AvgIpc) is 2.79. The third kappa shape index (κ3) is 3.93. The summed E-state index contributed by atoms with van der Waals surface area (Å²) in [5.41, 5.74) is 0. The molecule has 2 rings (SSSR count). The van der Waals surface area contributed by atoms with E-state index in [9.17, 15) is 18.0 Å². The number of amides is 1. The molecular weight excluding hydrogens is 289 g/mol. The second kappa shape index (κ2) is 6.00. The highest BCUT2D eigenvalue weighted by Gasteiger charge is 2.29. The first-order valence-corrected chi connectivity index (χ1v) is 6.62. The van der Waals surface area contributed by atoms with Gasteiger partial charge in [0.25, 0.3) is 0 Å². The highest BCUT2D eigenvalue weighted by atomic mass is 19.4. The van der Waals surface area contributed by atoms with Crippen LogP contribution in [-0.2, 0) is 22.6 Å². The minimum Gasteiger partial charge on any atom is -0.362 e. The standard InChI is InChI=1S/C12H17F3N4O2/c1-8(2)11-17-16-9-5-18(3-4-19(9)11)10(20)6-21-7-12(13,14)15/h8H,3-7H2,1-2H3. The van der Waals surface area contributed by atoms with Crippen LogP contribution in [0.15, 0.2) is 0 Å². The van der Waals surface area contributed by atoms with Crippen LogP contribution >= 0.6 is 0 Å². The van der Waals surface area contributed by atoms with Crippen LogP contribution in [0.25, 0.3) is 0 Å². The molecule has 0 spiro atoms. The van der Waals surface area contributed by atoms with E-state index in [2.05, 4.69) is 14.9 Å². The molecule has 2 heterocycles. The molecule has 1 aliphatic heterocycles. The van der Waals surface area contributed by atoms with Crippen LogP contribution in [0.3, 0.4) is 0 Å². The third-order valence-electron chi connectivity index (χ3n) is 3.14. The van der Waals surface area contributed by atoms with Crippen LogP contribution in [-0.4, -0.2) is 51.5 Å². The van der Waals surface area contributed by atoms with Crippen LogP contribution in [0.4, 0.5) is 13.2 Å². The third-order valence-corrected chi connectivity index (χ3v) is 3.14. The van der Waals surface area contributed by atoms with Crippen molar-refractivity contribution in [2.75, 3.05) is 19.8 Å². The highest BCUT2D eigenvalue weighted by molar-refractivity contribution is 5.77. The molecule has 1 amide bonds. The largest absolute Gasteiger partial charge is 0.411 e. The molecule has 0 radical (unpaired) electrons. The maximum absolute atomic E-state index is 12.0. The first-order valence-electron chi connectivity index (χ1n) is 6.62. The minimum absolute atomic E-state index is 0.226. The van der Waals surface area contributed by atoms with Crippen molar-refractivity contribution in [1.82, 2.24) is 19.7 Å². The first-order chi connectivity index (χ1) is 9.78. The van der Waals surface area contributed by atoms with Gasteiger partial charge < -0.3 is 14.2 Å². The van der Waals surface area contributed by atoms with Crippen LogP contribution in [0.5, 0.6) is 0 Å². The predicted octanol–water partition coefficient (Wildman–Crippen LogP) is 1.32. The Balaban J connectivity index is 1.91. The summed E-state index contributed by atoms with van der Waals surface area (Å²) in [6.45, 7) is 3.21. The van der Waals surface area contributed by atoms with Crippen molar-refractivity contribution in [3.05, 3.63) is 11.6 Å². The van der Waals surface area contributed by atoms with E-state index in [4.69, 9.17) is 0 Å². The molecule has 9 heteroatoms. The minimum atomic E-state index is -4.42. The summed E-state index contributed by atoms with van der Waals surface area (Å²) in [5, 5.41) is 8.11. The zero-order valence-corrected chi connectivity index (χ0v) is 11.9. The van der Waals surface area contributed by atoms with Gasteiger partial charge in [-0.05, 0) is 0 Å². The fourth-order valence-corrected chi connectivity index (χ4v) is 2.17. The van der Waals surface area contributed by atoms with Crippen LogP contribution in [0, 0.1) is 0 Å². The molecule has 0 N–H and O–H groups in total. The van der Waals surface area contributed by atoms with Crippen molar-refractivity contribution in [3.8, 4) is 0 Å². The molecular formula is C12H17F3N4O2. The second-order valence-electron chi connectivity index (χ2n) is 5.20. The Bertz CT molecular complexity index is 513. The van der Waals surface area contributed by atoms with E-state index in [1.165, 1.54) is 4.90 Å². The summed E-state index contributed by atoms with van der Waals surface area (Å²) in [5.74, 6) is 1.25. The van der Waals surface area contributed by atoms with Crippen molar-refractivity contribution in [1.29, 1.82) is 0 Å². The smallest absolute Gasteiger partial charge is 0.362 e. The van der Waals surface area contributed by atoms with Crippen LogP contribution in [0.2, 0.25) is 0 Å². The zero-order valence-electron chi connectivity index (χ0n) is 11.9. The fraction of sp³-hybridized carbons (Fsp3) is 0.750. The fourth-order valence-electron chi connectivity index (χ4n) is 2.17. The lowest BCUT2D eigenvalue weighted by Crippen LogP contribution is -2.41. The van der Waals surface area contributed by atoms with Gasteiger partial charge >= 0.3 is 6.18 Å². The Morgan fingerprint density at radius 1 is 1.33 bits per heavy atom. The van der Waals surface area contributed by atoms with Crippen LogP contribution < -0.4 is 0 Å². The number of carbonyl (C=O) groups excluding carboxylic acids is 1. The lowest BCUT2D eigenvalue weighted by atomic mass is 10.2. The number of aromatic nitrogens is 3. The van der Waals surface area contributed by atoms with Gasteiger partial charge in [0.1, 0.15) is 19.0 Å². The van der Waals surface area contributed by atoms with Crippen molar-refractivity contribution < 1.29 is 22.7 Å². The number of alkyl halides is 3. The Hall–Kier alpha value is -1.64. The molecule has 6 nitrogen and oxygen atoms in total. The number of nitrogens with zero attached hydrogens (tertiary/aromatic N) is 4. The number of rotatable bonds is 4. The molecule has 0 unspecified atom stereocenters. The molecule has 118 valence electrons. The SMILES string of the molecule is CC(C)c1nnc2n1CCN(C(=O)COCC(F)(F)F)C2. The summed E-state index contributed by atoms with van der Waals surface area (Å²) in [7, 11) is 0. The molecule has 0 bridgehead atoms. The van der Waals surface area contributed by atoms with E-state index < -0.39 is 25.3 Å². The van der Waals surface area contributed by atoms with Crippen molar-refractivity contribution in [3.63, 3.8) is 0 Å². The van der Waals surface area contributed by atoms with Gasteiger partial charge in [0.2, 0.25) is 5.91 Å². The maximum atomic E-state index is 12.0. The van der Waals surface area contributed by atoms with Crippen molar-refractivity contribution in [2.24, 2.45) is 0 Å². The Kier molecular flexibility index (Phi) is 4.50. The van der Waals surface area contributed by atoms with Gasteiger partial charge in [-0.1, -0.05) is 13.8 Å². The first kappa shape index (κ1) is 15.7. The van der Waals surface area contributed by atoms with Gasteiger partial charge in [-0.3, -0.25) is 4.79 Å². The molecule has 0 aliphatic carbocycles. The van der Waals surface area contributed by atoms with Gasteiger partial charge in [-0.15, -0.1) is 10.2 Å². The summed E-state index contributed by atoms with van der Waals surface area (Å²) in [6.07, 6.45) is -4.42. The van der Waals surface area contributed by atoms with E-state index in [0.29, 0.717) is 18.9 Å². The second-order valence-corrected chi connectivity index (χ2v) is 5.20. The summed E-state index contributed by atoms with van der Waals surface area (Å²) < 4.78 is 42.2. The number of ether oxygens (including phenoxy) is 1. The summed E-state index contributed by atoms with van der Waals surface area (Å²) in [6, 6.07) is 0. The molecule has 0 saturated carbocycles. The van der Waals surface area contributed by atoms with E-state index in [-0.39, 0.29) is 12.5 Å². The number of fused-ring (bicyclic) bond motifs is 1. The number of carbonyl (C=O) groups is 1. The molecule has 0 saturated heterocycles. The Morgan fingerprint density at radius 3 is 2.67 bits per heavy atom. The molecule has 1 aliphatic rings. The van der Waals surface area contributed by atoms with Gasteiger partial charge in [-0.2, -0.15) is 13.2 Å². The van der Waals surface area contributed by atoms with E-state index >= 15 is 0 Å². The molecule has 21 heavy (non-hydrogen) atoms. The monoisotopic (exact) mass is 306 g/mol. The van der Waals surface area contributed by atoms with Gasteiger partial charge in [0.15, 0.2) is 5.82 Å². The molecule has 1 aromatic heterocycles. The normalized spacial score (nSPS) is 15.4. The van der Waals surface area contributed by atoms with Crippen LogP contribution in [0.1, 0.15) is 31.4 Å². The maximum Gasteiger partial charge on any atom is 0.411 e. The Morgan fingerprint density at radius 2 is 2.05 bits per heavy atom. The summed E-state index contributed by atoms with van der Waals surface area (Å²) in [4.78, 5) is 13.2. The van der Waals surface area contributed by atoms with Crippen molar-refractivity contribution >= 4 is 5.91 Å². The number of hydrogen-bond acceptors (Lipinski definition) is 4. The van der Waals surface area contributed by atoms with E-state index in [1.54, 1.807) is 0 Å². The highest BCUT2D eigenvalue weighted by Crippen LogP contribution is 2.18. The predicted molar refractivity (Wildman–Crippen MR) is 66.4 cm³/mol. The average molecular weight is 306 g/mol. The molecule has 0 fully saturated rings. The molecule has 0 aromatic carbocycles. The molecule has 1 aromatic rings. The number of halogens is 3. The van der Waals surface area contributed by atoms with Gasteiger partial charge in [0.05, 0.1) is 6.54 Å². The molecule has 0 atom stereocenters. The van der Waals surface area contributed by atoms with Crippen molar-refractivity contribution in [2.45, 2.75) is 39.0 Å². The quantitative estimate of drug-likeness (QED) is 0.842. The van der Waals surface area contributed by atoms with Gasteiger partial charge in [-0.25, -0.2) is 0 Å². The topological polar surface area (TPSA) is 60.2 Å². The van der Waals surface area contributed by atoms with E-state index in [0.717, 1.165) is 5.82 Å². The number of hydrogen-bond donors (Lipinski definition) is 0. The van der Waals surface area contributed by atoms with Gasteiger partial charge in [0, 0.05) is 19.0 Å².